The van der Waals surface area contributed by atoms with Crippen molar-refractivity contribution in [3.8, 4) is 17.1 Å². The number of aryl methyl sites for hydroxylation is 1. The molecule has 4 heteroatoms. The SMILES string of the molecule is Cc1cc(-c2nc3cccnc3n2C(C)C)ccc1O. The largest absolute Gasteiger partial charge is 0.508 e. The number of benzene rings is 1. The summed E-state index contributed by atoms with van der Waals surface area (Å²) >= 11 is 0. The lowest BCUT2D eigenvalue weighted by molar-refractivity contribution is 0.471. The highest BCUT2D eigenvalue weighted by Gasteiger charge is 2.16. The molecule has 2 aromatic heterocycles. The van der Waals surface area contributed by atoms with E-state index in [-0.39, 0.29) is 6.04 Å². The Morgan fingerprint density at radius 3 is 2.70 bits per heavy atom. The van der Waals surface area contributed by atoms with Gasteiger partial charge in [0.1, 0.15) is 17.1 Å². The standard InChI is InChI=1S/C16H17N3O/c1-10(2)19-15(12-6-7-14(20)11(3)9-12)18-13-5-4-8-17-16(13)19/h4-10,20H,1-3H3. The van der Waals surface area contributed by atoms with Crippen molar-refractivity contribution in [1.82, 2.24) is 14.5 Å². The quantitative estimate of drug-likeness (QED) is 0.770. The number of aromatic hydroxyl groups is 1. The van der Waals surface area contributed by atoms with E-state index in [1.54, 1.807) is 12.3 Å². The molecule has 1 aromatic carbocycles. The Morgan fingerprint density at radius 1 is 1.20 bits per heavy atom. The first-order valence-electron chi connectivity index (χ1n) is 6.71. The van der Waals surface area contributed by atoms with Gasteiger partial charge < -0.3 is 9.67 Å². The normalized spacial score (nSPS) is 11.4. The van der Waals surface area contributed by atoms with E-state index >= 15 is 0 Å². The second kappa shape index (κ2) is 4.63. The Hall–Kier alpha value is -2.36. The van der Waals surface area contributed by atoms with Crippen molar-refractivity contribution >= 4 is 11.2 Å². The van der Waals surface area contributed by atoms with Crippen molar-refractivity contribution in [3.63, 3.8) is 0 Å². The minimum Gasteiger partial charge on any atom is -0.508 e. The van der Waals surface area contributed by atoms with Crippen molar-refractivity contribution in [2.75, 3.05) is 0 Å². The van der Waals surface area contributed by atoms with E-state index < -0.39 is 0 Å². The molecule has 0 unspecified atom stereocenters. The summed E-state index contributed by atoms with van der Waals surface area (Å²) in [6.45, 7) is 6.12. The van der Waals surface area contributed by atoms with Gasteiger partial charge in [-0.05, 0) is 56.7 Å². The third-order valence-electron chi connectivity index (χ3n) is 3.42. The van der Waals surface area contributed by atoms with Crippen LogP contribution in [0.25, 0.3) is 22.6 Å². The molecule has 3 rings (SSSR count). The van der Waals surface area contributed by atoms with E-state index in [9.17, 15) is 5.11 Å². The molecule has 0 radical (unpaired) electrons. The smallest absolute Gasteiger partial charge is 0.160 e. The molecule has 3 aromatic rings. The minimum atomic E-state index is 0.263. The van der Waals surface area contributed by atoms with E-state index in [0.717, 1.165) is 28.1 Å². The van der Waals surface area contributed by atoms with Crippen molar-refractivity contribution < 1.29 is 5.11 Å². The molecule has 0 fully saturated rings. The number of pyridine rings is 1. The Balaban J connectivity index is 2.29. The van der Waals surface area contributed by atoms with Gasteiger partial charge in [-0.3, -0.25) is 0 Å². The van der Waals surface area contributed by atoms with E-state index in [4.69, 9.17) is 4.98 Å². The van der Waals surface area contributed by atoms with Gasteiger partial charge in [-0.25, -0.2) is 9.97 Å². The van der Waals surface area contributed by atoms with Crippen LogP contribution >= 0.6 is 0 Å². The predicted molar refractivity (Wildman–Crippen MR) is 79.8 cm³/mol. The predicted octanol–water partition coefficient (Wildman–Crippen LogP) is 3.69. The lowest BCUT2D eigenvalue weighted by atomic mass is 10.1. The Morgan fingerprint density at radius 2 is 2.00 bits per heavy atom. The molecule has 0 aliphatic carbocycles. The van der Waals surface area contributed by atoms with Gasteiger partial charge >= 0.3 is 0 Å². The van der Waals surface area contributed by atoms with E-state index in [1.165, 1.54) is 0 Å². The molecule has 2 heterocycles. The van der Waals surface area contributed by atoms with Crippen LogP contribution in [0, 0.1) is 6.92 Å². The van der Waals surface area contributed by atoms with Crippen molar-refractivity contribution in [3.05, 3.63) is 42.1 Å². The molecule has 0 aliphatic heterocycles. The van der Waals surface area contributed by atoms with Crippen LogP contribution in [-0.2, 0) is 0 Å². The summed E-state index contributed by atoms with van der Waals surface area (Å²) in [5.74, 6) is 1.19. The van der Waals surface area contributed by atoms with Crippen LogP contribution in [0.2, 0.25) is 0 Å². The van der Waals surface area contributed by atoms with E-state index in [2.05, 4.69) is 23.4 Å². The Kier molecular flexibility index (Phi) is 2.93. The van der Waals surface area contributed by atoms with Crippen LogP contribution in [0.4, 0.5) is 0 Å². The summed E-state index contributed by atoms with van der Waals surface area (Å²) in [6, 6.07) is 9.68. The second-order valence-electron chi connectivity index (χ2n) is 5.25. The molecule has 0 saturated heterocycles. The topological polar surface area (TPSA) is 50.9 Å². The molecule has 0 bridgehead atoms. The maximum absolute atomic E-state index is 9.67. The van der Waals surface area contributed by atoms with Gasteiger partial charge in [0.05, 0.1) is 0 Å². The lowest BCUT2D eigenvalue weighted by Crippen LogP contribution is -2.04. The number of fused-ring (bicyclic) bond motifs is 1. The molecule has 4 nitrogen and oxygen atoms in total. The fourth-order valence-electron chi connectivity index (χ4n) is 2.42. The van der Waals surface area contributed by atoms with Crippen LogP contribution in [0.1, 0.15) is 25.5 Å². The molecule has 20 heavy (non-hydrogen) atoms. The molecular formula is C16H17N3O. The summed E-state index contributed by atoms with van der Waals surface area (Å²) in [5, 5.41) is 9.67. The number of phenolic OH excluding ortho intramolecular Hbond substituents is 1. The number of hydrogen-bond acceptors (Lipinski definition) is 3. The highest BCUT2D eigenvalue weighted by atomic mass is 16.3. The zero-order chi connectivity index (χ0) is 14.3. The van der Waals surface area contributed by atoms with Crippen molar-refractivity contribution in [1.29, 1.82) is 0 Å². The first kappa shape index (κ1) is 12.7. The summed E-state index contributed by atoms with van der Waals surface area (Å²) < 4.78 is 2.13. The summed E-state index contributed by atoms with van der Waals surface area (Å²) in [6.07, 6.45) is 1.79. The average molecular weight is 267 g/mol. The Labute approximate surface area is 117 Å². The van der Waals surface area contributed by atoms with Crippen LogP contribution in [-0.4, -0.2) is 19.6 Å². The molecule has 0 spiro atoms. The number of nitrogens with zero attached hydrogens (tertiary/aromatic N) is 3. The molecule has 0 aliphatic rings. The number of phenols is 1. The fourth-order valence-corrected chi connectivity index (χ4v) is 2.42. The summed E-state index contributed by atoms with van der Waals surface area (Å²) in [4.78, 5) is 9.13. The van der Waals surface area contributed by atoms with Gasteiger partial charge in [-0.2, -0.15) is 0 Å². The van der Waals surface area contributed by atoms with Gasteiger partial charge in [0.25, 0.3) is 0 Å². The highest BCUT2D eigenvalue weighted by Crippen LogP contribution is 2.29. The Bertz CT molecular complexity index is 774. The minimum absolute atomic E-state index is 0.263. The fraction of sp³-hybridized carbons (Fsp3) is 0.250. The van der Waals surface area contributed by atoms with Gasteiger partial charge in [0.2, 0.25) is 0 Å². The van der Waals surface area contributed by atoms with Crippen LogP contribution < -0.4 is 0 Å². The zero-order valence-corrected chi connectivity index (χ0v) is 11.8. The molecular weight excluding hydrogens is 250 g/mol. The van der Waals surface area contributed by atoms with Gasteiger partial charge in [0, 0.05) is 17.8 Å². The van der Waals surface area contributed by atoms with Crippen molar-refractivity contribution in [2.24, 2.45) is 0 Å². The van der Waals surface area contributed by atoms with Crippen LogP contribution in [0.5, 0.6) is 5.75 Å². The average Bonchev–Trinajstić information content (AvgIpc) is 2.81. The van der Waals surface area contributed by atoms with Crippen LogP contribution in [0.3, 0.4) is 0 Å². The van der Waals surface area contributed by atoms with Gasteiger partial charge in [-0.1, -0.05) is 0 Å². The first-order chi connectivity index (χ1) is 9.58. The van der Waals surface area contributed by atoms with Gasteiger partial charge in [0.15, 0.2) is 5.65 Å². The van der Waals surface area contributed by atoms with E-state index in [1.807, 2.05) is 31.2 Å². The monoisotopic (exact) mass is 267 g/mol. The molecule has 102 valence electrons. The van der Waals surface area contributed by atoms with Gasteiger partial charge in [-0.15, -0.1) is 0 Å². The summed E-state index contributed by atoms with van der Waals surface area (Å²) in [5.41, 5.74) is 3.62. The van der Waals surface area contributed by atoms with Crippen molar-refractivity contribution in [2.45, 2.75) is 26.8 Å². The lowest BCUT2D eigenvalue weighted by Gasteiger charge is -2.13. The summed E-state index contributed by atoms with van der Waals surface area (Å²) in [7, 11) is 0. The number of aromatic nitrogens is 3. The number of rotatable bonds is 2. The molecule has 0 saturated carbocycles. The number of hydrogen-bond donors (Lipinski definition) is 1. The first-order valence-corrected chi connectivity index (χ1v) is 6.71. The maximum atomic E-state index is 9.67. The third kappa shape index (κ3) is 1.93. The van der Waals surface area contributed by atoms with Crippen LogP contribution in [0.15, 0.2) is 36.5 Å². The molecule has 0 amide bonds. The van der Waals surface area contributed by atoms with E-state index in [0.29, 0.717) is 5.75 Å². The maximum Gasteiger partial charge on any atom is 0.160 e. The number of imidazole rings is 1. The second-order valence-corrected chi connectivity index (χ2v) is 5.25. The molecule has 0 atom stereocenters. The third-order valence-corrected chi connectivity index (χ3v) is 3.42. The molecule has 1 N–H and O–H groups in total. The zero-order valence-electron chi connectivity index (χ0n) is 11.8. The highest BCUT2D eigenvalue weighted by molar-refractivity contribution is 5.77.